The summed E-state index contributed by atoms with van der Waals surface area (Å²) >= 11 is 0. The molecule has 0 saturated carbocycles. The van der Waals surface area contributed by atoms with Gasteiger partial charge in [0.2, 0.25) is 0 Å². The third-order valence-corrected chi connectivity index (χ3v) is 2.43. The van der Waals surface area contributed by atoms with Gasteiger partial charge in [-0.05, 0) is 39.7 Å². The van der Waals surface area contributed by atoms with Crippen LogP contribution in [0.1, 0.15) is 52.7 Å². The van der Waals surface area contributed by atoms with Gasteiger partial charge in [-0.1, -0.05) is 13.8 Å². The molecule has 0 spiro atoms. The van der Waals surface area contributed by atoms with Crippen LogP contribution < -0.4 is 5.32 Å². The Morgan fingerprint density at radius 1 is 1.35 bits per heavy atom. The highest BCUT2D eigenvalue weighted by Crippen LogP contribution is 2.11. The maximum Gasteiger partial charge on any atom is 0.194 e. The van der Waals surface area contributed by atoms with Crippen molar-refractivity contribution in [2.45, 2.75) is 59.4 Å². The topological polar surface area (TPSA) is 38.1 Å². The second-order valence-electron chi connectivity index (χ2n) is 6.10. The zero-order valence-corrected chi connectivity index (χ0v) is 11.8. The first-order valence-electron chi connectivity index (χ1n) is 6.55. The van der Waals surface area contributed by atoms with Gasteiger partial charge in [0.05, 0.1) is 6.20 Å². The predicted octanol–water partition coefficient (Wildman–Crippen LogP) is 3.19. The van der Waals surface area contributed by atoms with Gasteiger partial charge >= 0.3 is 0 Å². The lowest BCUT2D eigenvalue weighted by Gasteiger charge is -2.20. The van der Waals surface area contributed by atoms with Crippen molar-refractivity contribution in [3.8, 4) is 0 Å². The van der Waals surface area contributed by atoms with Crippen molar-refractivity contribution in [2.24, 2.45) is 5.92 Å². The molecular weight excluding hydrogens is 212 g/mol. The van der Waals surface area contributed by atoms with E-state index < -0.39 is 0 Å². The molecule has 3 nitrogen and oxygen atoms in total. The van der Waals surface area contributed by atoms with Gasteiger partial charge < -0.3 is 9.73 Å². The Labute approximate surface area is 105 Å². The highest BCUT2D eigenvalue weighted by Gasteiger charge is 2.09. The Hall–Kier alpha value is -0.830. The number of aryl methyl sites for hydroxylation is 1. The number of nitrogens with one attached hydrogen (secondary N) is 1. The molecule has 1 heterocycles. The summed E-state index contributed by atoms with van der Waals surface area (Å²) in [5.74, 6) is 2.51. The maximum atomic E-state index is 5.69. The van der Waals surface area contributed by atoms with Crippen LogP contribution in [0.4, 0.5) is 0 Å². The minimum absolute atomic E-state index is 0.194. The van der Waals surface area contributed by atoms with Crippen molar-refractivity contribution in [3.63, 3.8) is 0 Å². The average molecular weight is 238 g/mol. The molecule has 0 aliphatic heterocycles. The Morgan fingerprint density at radius 2 is 2.06 bits per heavy atom. The minimum Gasteiger partial charge on any atom is -0.446 e. The van der Waals surface area contributed by atoms with Crippen LogP contribution in [0.2, 0.25) is 0 Å². The third-order valence-electron chi connectivity index (χ3n) is 2.43. The standard InChI is InChI=1S/C14H26N2O/c1-11(2)9-12-10-15-13(17-12)7-6-8-16-14(3,4)5/h10-11,16H,6-9H2,1-5H3. The SMILES string of the molecule is CC(C)Cc1cnc(CCCNC(C)(C)C)o1. The summed E-state index contributed by atoms with van der Waals surface area (Å²) in [5, 5.41) is 3.46. The fourth-order valence-electron chi connectivity index (χ4n) is 1.66. The van der Waals surface area contributed by atoms with E-state index in [9.17, 15) is 0 Å². The molecule has 0 unspecified atom stereocenters. The lowest BCUT2D eigenvalue weighted by Crippen LogP contribution is -2.36. The van der Waals surface area contributed by atoms with Crippen LogP contribution >= 0.6 is 0 Å². The summed E-state index contributed by atoms with van der Waals surface area (Å²) in [7, 11) is 0. The van der Waals surface area contributed by atoms with E-state index in [4.69, 9.17) is 4.42 Å². The van der Waals surface area contributed by atoms with Crippen LogP contribution in [0.3, 0.4) is 0 Å². The summed E-state index contributed by atoms with van der Waals surface area (Å²) in [5.41, 5.74) is 0.194. The quantitative estimate of drug-likeness (QED) is 0.773. The van der Waals surface area contributed by atoms with Crippen LogP contribution in [0, 0.1) is 5.92 Å². The van der Waals surface area contributed by atoms with Gasteiger partial charge in [-0.15, -0.1) is 0 Å². The summed E-state index contributed by atoms with van der Waals surface area (Å²) in [6.45, 7) is 11.9. The Morgan fingerprint density at radius 3 is 2.65 bits per heavy atom. The van der Waals surface area contributed by atoms with E-state index in [-0.39, 0.29) is 5.54 Å². The molecule has 0 aliphatic rings. The van der Waals surface area contributed by atoms with Crippen LogP contribution in [-0.4, -0.2) is 17.1 Å². The molecule has 3 heteroatoms. The number of aromatic nitrogens is 1. The smallest absolute Gasteiger partial charge is 0.194 e. The van der Waals surface area contributed by atoms with Crippen molar-refractivity contribution < 1.29 is 4.42 Å². The fourth-order valence-corrected chi connectivity index (χ4v) is 1.66. The van der Waals surface area contributed by atoms with E-state index in [1.165, 1.54) is 0 Å². The molecule has 0 aliphatic carbocycles. The molecule has 0 radical (unpaired) electrons. The number of oxazole rings is 1. The van der Waals surface area contributed by atoms with E-state index in [0.29, 0.717) is 5.92 Å². The van der Waals surface area contributed by atoms with E-state index in [1.54, 1.807) is 0 Å². The first kappa shape index (κ1) is 14.2. The largest absolute Gasteiger partial charge is 0.446 e. The molecule has 1 aromatic rings. The Kier molecular flexibility index (Phi) is 5.19. The van der Waals surface area contributed by atoms with Gasteiger partial charge in [0.1, 0.15) is 5.76 Å². The number of hydrogen-bond acceptors (Lipinski definition) is 3. The fraction of sp³-hybridized carbons (Fsp3) is 0.786. The molecule has 98 valence electrons. The van der Waals surface area contributed by atoms with Gasteiger partial charge in [0.15, 0.2) is 5.89 Å². The van der Waals surface area contributed by atoms with E-state index in [0.717, 1.165) is 37.5 Å². The summed E-state index contributed by atoms with van der Waals surface area (Å²) < 4.78 is 5.69. The highest BCUT2D eigenvalue weighted by molar-refractivity contribution is 4.95. The molecule has 0 aromatic carbocycles. The summed E-state index contributed by atoms with van der Waals surface area (Å²) in [6.07, 6.45) is 4.83. The van der Waals surface area contributed by atoms with Crippen molar-refractivity contribution in [1.82, 2.24) is 10.3 Å². The van der Waals surface area contributed by atoms with Crippen LogP contribution in [0.25, 0.3) is 0 Å². The molecule has 1 aromatic heterocycles. The molecular formula is C14H26N2O. The number of rotatable bonds is 6. The van der Waals surface area contributed by atoms with Gasteiger partial charge in [-0.25, -0.2) is 4.98 Å². The van der Waals surface area contributed by atoms with E-state index >= 15 is 0 Å². The van der Waals surface area contributed by atoms with Gasteiger partial charge in [-0.2, -0.15) is 0 Å². The summed E-state index contributed by atoms with van der Waals surface area (Å²) in [4.78, 5) is 4.31. The zero-order valence-electron chi connectivity index (χ0n) is 11.8. The monoisotopic (exact) mass is 238 g/mol. The number of hydrogen-bond donors (Lipinski definition) is 1. The zero-order chi connectivity index (χ0) is 12.9. The predicted molar refractivity (Wildman–Crippen MR) is 71.1 cm³/mol. The van der Waals surface area contributed by atoms with Gasteiger partial charge in [0.25, 0.3) is 0 Å². The normalized spacial score (nSPS) is 12.4. The third kappa shape index (κ3) is 6.47. The second-order valence-corrected chi connectivity index (χ2v) is 6.10. The first-order chi connectivity index (χ1) is 7.87. The molecule has 17 heavy (non-hydrogen) atoms. The molecule has 1 N–H and O–H groups in total. The maximum absolute atomic E-state index is 5.69. The Bertz CT molecular complexity index is 323. The molecule has 0 saturated heterocycles. The Balaban J connectivity index is 2.25. The van der Waals surface area contributed by atoms with Gasteiger partial charge in [-0.3, -0.25) is 0 Å². The second kappa shape index (κ2) is 6.20. The summed E-state index contributed by atoms with van der Waals surface area (Å²) in [6, 6.07) is 0. The van der Waals surface area contributed by atoms with E-state index in [1.807, 2.05) is 6.20 Å². The number of nitrogens with zero attached hydrogens (tertiary/aromatic N) is 1. The van der Waals surface area contributed by atoms with Crippen molar-refractivity contribution in [3.05, 3.63) is 17.8 Å². The van der Waals surface area contributed by atoms with Crippen LogP contribution in [0.15, 0.2) is 10.6 Å². The molecule has 0 amide bonds. The van der Waals surface area contributed by atoms with Crippen LogP contribution in [0.5, 0.6) is 0 Å². The lowest BCUT2D eigenvalue weighted by atomic mass is 10.1. The minimum atomic E-state index is 0.194. The highest BCUT2D eigenvalue weighted by atomic mass is 16.4. The molecule has 1 rings (SSSR count). The lowest BCUT2D eigenvalue weighted by molar-refractivity contribution is 0.400. The average Bonchev–Trinajstić information content (AvgIpc) is 2.58. The van der Waals surface area contributed by atoms with Crippen molar-refractivity contribution >= 4 is 0 Å². The molecule has 0 bridgehead atoms. The van der Waals surface area contributed by atoms with Crippen molar-refractivity contribution in [1.29, 1.82) is 0 Å². The molecule has 0 atom stereocenters. The van der Waals surface area contributed by atoms with E-state index in [2.05, 4.69) is 44.9 Å². The van der Waals surface area contributed by atoms with Crippen molar-refractivity contribution in [2.75, 3.05) is 6.54 Å². The van der Waals surface area contributed by atoms with Gasteiger partial charge in [0, 0.05) is 18.4 Å². The van der Waals surface area contributed by atoms with Crippen LogP contribution in [-0.2, 0) is 12.8 Å². The first-order valence-corrected chi connectivity index (χ1v) is 6.55. The molecule has 0 fully saturated rings.